The summed E-state index contributed by atoms with van der Waals surface area (Å²) in [5.41, 5.74) is 2.88. The summed E-state index contributed by atoms with van der Waals surface area (Å²) in [4.78, 5) is 13.4. The first-order valence-electron chi connectivity index (χ1n) is 8.81. The zero-order chi connectivity index (χ0) is 22.4. The van der Waals surface area contributed by atoms with Gasteiger partial charge in [-0.3, -0.25) is 4.79 Å². The van der Waals surface area contributed by atoms with Crippen LogP contribution in [0.2, 0.25) is 10.0 Å². The Balaban J connectivity index is 1.84. The third-order valence-electron chi connectivity index (χ3n) is 4.06. The lowest BCUT2D eigenvalue weighted by molar-refractivity contribution is -0.121. The van der Waals surface area contributed by atoms with Gasteiger partial charge in [-0.15, -0.1) is 11.3 Å². The highest BCUT2D eigenvalue weighted by atomic mass is 79.9. The first-order chi connectivity index (χ1) is 14.8. The number of nitrogens with one attached hydrogen (secondary N) is 1. The van der Waals surface area contributed by atoms with Gasteiger partial charge in [-0.05, 0) is 53.4 Å². The van der Waals surface area contributed by atoms with Crippen LogP contribution in [0.25, 0.3) is 0 Å². The van der Waals surface area contributed by atoms with Crippen molar-refractivity contribution in [2.45, 2.75) is 11.4 Å². The van der Waals surface area contributed by atoms with Crippen LogP contribution in [-0.4, -0.2) is 31.4 Å². The zero-order valence-corrected chi connectivity index (χ0v) is 20.6. The number of benzene rings is 2. The van der Waals surface area contributed by atoms with E-state index in [0.29, 0.717) is 15.6 Å². The number of halogens is 3. The van der Waals surface area contributed by atoms with Gasteiger partial charge in [0.25, 0.3) is 5.91 Å². The molecule has 1 aromatic heterocycles. The minimum atomic E-state index is -4.00. The molecule has 1 heterocycles. The third-order valence-corrected chi connectivity index (χ3v) is 7.79. The molecule has 2 aromatic carbocycles. The van der Waals surface area contributed by atoms with Crippen molar-refractivity contribution in [1.29, 1.82) is 0 Å². The highest BCUT2D eigenvalue weighted by Crippen LogP contribution is 2.25. The van der Waals surface area contributed by atoms with Gasteiger partial charge in [-0.25, -0.2) is 13.8 Å². The largest absolute Gasteiger partial charge is 0.272 e. The van der Waals surface area contributed by atoms with Crippen LogP contribution in [0.1, 0.15) is 10.4 Å². The predicted octanol–water partition coefficient (Wildman–Crippen LogP) is 5.16. The molecular weight excluding hydrogens is 545 g/mol. The molecule has 11 heteroatoms. The number of carbonyl (C=O) groups is 1. The van der Waals surface area contributed by atoms with Crippen LogP contribution in [0, 0.1) is 0 Å². The van der Waals surface area contributed by atoms with Crippen molar-refractivity contribution in [3.05, 3.63) is 84.9 Å². The number of nitrogens with zero attached hydrogens (tertiary/aromatic N) is 2. The van der Waals surface area contributed by atoms with E-state index >= 15 is 0 Å². The Morgan fingerprint density at radius 3 is 2.55 bits per heavy atom. The second-order valence-corrected chi connectivity index (χ2v) is 10.9. The number of amides is 1. The van der Waals surface area contributed by atoms with Gasteiger partial charge in [-0.1, -0.05) is 51.3 Å². The van der Waals surface area contributed by atoms with Crippen LogP contribution >= 0.6 is 50.5 Å². The fourth-order valence-electron chi connectivity index (χ4n) is 2.55. The second-order valence-electron chi connectivity index (χ2n) is 6.27. The molecule has 0 aliphatic heterocycles. The Labute approximate surface area is 202 Å². The number of hydrogen-bond acceptors (Lipinski definition) is 5. The highest BCUT2D eigenvalue weighted by Gasteiger charge is 2.27. The summed E-state index contributed by atoms with van der Waals surface area (Å²) in [6.07, 6.45) is 1.49. The number of hydrazone groups is 1. The van der Waals surface area contributed by atoms with E-state index < -0.39 is 22.5 Å². The number of rotatable bonds is 8. The molecule has 0 aliphatic carbocycles. The molecule has 3 rings (SSSR count). The van der Waals surface area contributed by atoms with Gasteiger partial charge in [-0.2, -0.15) is 9.41 Å². The van der Waals surface area contributed by atoms with Gasteiger partial charge >= 0.3 is 0 Å². The van der Waals surface area contributed by atoms with E-state index in [1.165, 1.54) is 35.8 Å². The summed E-state index contributed by atoms with van der Waals surface area (Å²) in [6.45, 7) is -0.560. The molecule has 6 nitrogen and oxygen atoms in total. The summed E-state index contributed by atoms with van der Waals surface area (Å²) < 4.78 is 28.3. The van der Waals surface area contributed by atoms with Crippen molar-refractivity contribution in [2.24, 2.45) is 5.10 Å². The molecule has 0 spiro atoms. The van der Waals surface area contributed by atoms with E-state index in [9.17, 15) is 13.2 Å². The van der Waals surface area contributed by atoms with Crippen molar-refractivity contribution in [2.75, 3.05) is 6.54 Å². The van der Waals surface area contributed by atoms with Crippen molar-refractivity contribution in [1.82, 2.24) is 9.73 Å². The molecule has 31 heavy (non-hydrogen) atoms. The van der Waals surface area contributed by atoms with Crippen LogP contribution < -0.4 is 5.43 Å². The molecule has 0 saturated carbocycles. The predicted molar refractivity (Wildman–Crippen MR) is 128 cm³/mol. The molecular formula is C20H16BrCl2N3O3S2. The molecule has 0 bridgehead atoms. The van der Waals surface area contributed by atoms with E-state index in [1.807, 2.05) is 17.5 Å². The fraction of sp³-hybridized carbons (Fsp3) is 0.100. The van der Waals surface area contributed by atoms with E-state index in [0.717, 1.165) is 13.7 Å². The maximum Gasteiger partial charge on any atom is 0.255 e. The van der Waals surface area contributed by atoms with Crippen LogP contribution in [-0.2, 0) is 21.4 Å². The van der Waals surface area contributed by atoms with Gasteiger partial charge in [0.2, 0.25) is 10.0 Å². The number of hydrogen-bond donors (Lipinski definition) is 1. The number of thiophene rings is 1. The van der Waals surface area contributed by atoms with Crippen molar-refractivity contribution in [3.8, 4) is 0 Å². The van der Waals surface area contributed by atoms with Crippen LogP contribution in [0.4, 0.5) is 0 Å². The van der Waals surface area contributed by atoms with Gasteiger partial charge in [0.1, 0.15) is 0 Å². The molecule has 1 N–H and O–H groups in total. The molecule has 3 aromatic rings. The van der Waals surface area contributed by atoms with Crippen molar-refractivity contribution >= 4 is 72.6 Å². The van der Waals surface area contributed by atoms with Crippen molar-refractivity contribution in [3.63, 3.8) is 0 Å². The lowest BCUT2D eigenvalue weighted by atomic mass is 10.2. The highest BCUT2D eigenvalue weighted by molar-refractivity contribution is 9.10. The second kappa shape index (κ2) is 10.7. The smallest absolute Gasteiger partial charge is 0.255 e. The van der Waals surface area contributed by atoms with Gasteiger partial charge in [0.15, 0.2) is 0 Å². The summed E-state index contributed by atoms with van der Waals surface area (Å²) in [5.74, 6) is -0.585. The van der Waals surface area contributed by atoms with Crippen LogP contribution in [0.5, 0.6) is 0 Å². The SMILES string of the molecule is O=C(CN(Cc1ccc(Cl)cc1Cl)S(=O)(=O)c1ccc(Br)cc1)N/N=C/c1cccs1. The quantitative estimate of drug-likeness (QED) is 0.305. The third kappa shape index (κ3) is 6.61. The molecule has 0 atom stereocenters. The first kappa shape index (κ1) is 23.9. The molecule has 1 amide bonds. The first-order valence-corrected chi connectivity index (χ1v) is 12.7. The summed E-state index contributed by atoms with van der Waals surface area (Å²) in [5, 5.41) is 6.50. The van der Waals surface area contributed by atoms with E-state index in [1.54, 1.807) is 24.3 Å². The Hall–Kier alpha value is -1.75. The normalized spacial score (nSPS) is 11.9. The van der Waals surface area contributed by atoms with E-state index in [-0.39, 0.29) is 11.4 Å². The van der Waals surface area contributed by atoms with Gasteiger partial charge in [0, 0.05) is 25.9 Å². The van der Waals surface area contributed by atoms with Gasteiger partial charge in [0.05, 0.1) is 17.7 Å². The van der Waals surface area contributed by atoms with Crippen LogP contribution in [0.15, 0.2) is 74.4 Å². The average molecular weight is 561 g/mol. The maximum absolute atomic E-state index is 13.2. The molecule has 0 radical (unpaired) electrons. The minimum absolute atomic E-state index is 0.0515. The topological polar surface area (TPSA) is 78.8 Å². The summed E-state index contributed by atoms with van der Waals surface area (Å²) in [7, 11) is -4.00. The Kier molecular flexibility index (Phi) is 8.26. The summed E-state index contributed by atoms with van der Waals surface area (Å²) in [6, 6.07) is 14.6. The Morgan fingerprint density at radius 1 is 1.16 bits per heavy atom. The van der Waals surface area contributed by atoms with Crippen LogP contribution in [0.3, 0.4) is 0 Å². The number of carbonyl (C=O) groups excluding carboxylic acids is 1. The Morgan fingerprint density at radius 2 is 1.90 bits per heavy atom. The molecule has 0 aliphatic rings. The standard InChI is InChI=1S/C20H16BrCl2N3O3S2/c21-15-4-7-18(8-5-15)31(28,29)26(12-14-3-6-16(22)10-19(14)23)13-20(27)25-24-11-17-2-1-9-30-17/h1-11H,12-13H2,(H,25,27)/b24-11+. The van der Waals surface area contributed by atoms with Crippen molar-refractivity contribution < 1.29 is 13.2 Å². The summed E-state index contributed by atoms with van der Waals surface area (Å²) >= 11 is 16.9. The number of sulfonamides is 1. The monoisotopic (exact) mass is 559 g/mol. The lowest BCUT2D eigenvalue weighted by Gasteiger charge is -2.22. The maximum atomic E-state index is 13.2. The molecule has 0 unspecified atom stereocenters. The minimum Gasteiger partial charge on any atom is -0.272 e. The fourth-order valence-corrected chi connectivity index (χ4v) is 5.24. The average Bonchev–Trinajstić information content (AvgIpc) is 3.23. The molecule has 162 valence electrons. The molecule has 0 saturated heterocycles. The molecule has 0 fully saturated rings. The lowest BCUT2D eigenvalue weighted by Crippen LogP contribution is -2.39. The zero-order valence-electron chi connectivity index (χ0n) is 15.8. The Bertz CT molecular complexity index is 1180. The van der Waals surface area contributed by atoms with E-state index in [2.05, 4.69) is 26.5 Å². The van der Waals surface area contributed by atoms with E-state index in [4.69, 9.17) is 23.2 Å². The van der Waals surface area contributed by atoms with Gasteiger partial charge < -0.3 is 0 Å².